The molecule has 0 aliphatic carbocycles. The van der Waals surface area contributed by atoms with Gasteiger partial charge in [0.1, 0.15) is 5.82 Å². The van der Waals surface area contributed by atoms with Gasteiger partial charge in [0.15, 0.2) is 0 Å². The van der Waals surface area contributed by atoms with Crippen LogP contribution in [0.5, 0.6) is 11.5 Å². The smallest absolute Gasteiger partial charge is 0.135 e. The summed E-state index contributed by atoms with van der Waals surface area (Å²) in [5.41, 5.74) is 22.0. The number of aromatic nitrogens is 4. The van der Waals surface area contributed by atoms with E-state index in [-0.39, 0.29) is 21.1 Å². The minimum Gasteiger partial charge on any atom is -0.509 e. The standard InChI is InChI=1S/C76H53N6O.Pt/c1-48-29-35-66-60(39-48)61-40-49(2)30-36-67(61)80(66)72-27-16-28-73(81-68-37-31-53(51-17-7-5-8-18-51)42-62(68)63-43-54(32-38-69(63)81)52-19-9-6-10-20-52)76(72)64-46-77-75(41-50(64)3)82-65-24-12-11-23-58(65)59-34-33-57(45-74(59)82)83-56-22-15-21-55(44-56)79-47-78(4)70-25-13-14-26-71(70)79;/h5-43,46-47H,1-4H3;/q-3;. The van der Waals surface area contributed by atoms with Gasteiger partial charge >= 0.3 is 0 Å². The van der Waals surface area contributed by atoms with Gasteiger partial charge in [-0.25, -0.2) is 4.98 Å². The van der Waals surface area contributed by atoms with Crippen molar-refractivity contribution in [2.45, 2.75) is 20.8 Å². The summed E-state index contributed by atoms with van der Waals surface area (Å²) in [4.78, 5) is 9.79. The second-order valence-corrected chi connectivity index (χ2v) is 22.0. The molecule has 7 nitrogen and oxygen atoms in total. The number of anilines is 3. The zero-order valence-corrected chi connectivity index (χ0v) is 48.9. The molecule has 11 aromatic carbocycles. The molecule has 0 N–H and O–H groups in total. The third kappa shape index (κ3) is 8.25. The van der Waals surface area contributed by atoms with Crippen LogP contribution in [0.15, 0.2) is 243 Å². The van der Waals surface area contributed by atoms with Crippen molar-refractivity contribution in [3.05, 3.63) is 278 Å². The van der Waals surface area contributed by atoms with E-state index in [0.717, 1.165) is 94.8 Å². The first kappa shape index (κ1) is 51.0. The van der Waals surface area contributed by atoms with E-state index < -0.39 is 0 Å². The van der Waals surface area contributed by atoms with Gasteiger partial charge in [-0.3, -0.25) is 0 Å². The number of hydrogen-bond acceptors (Lipinski definition) is 4. The number of benzene rings is 11. The fraction of sp³-hybridized carbons (Fsp3) is 0.0526. The molecule has 0 atom stereocenters. The van der Waals surface area contributed by atoms with E-state index in [1.807, 2.05) is 18.2 Å². The summed E-state index contributed by atoms with van der Waals surface area (Å²) < 4.78 is 13.9. The van der Waals surface area contributed by atoms with Crippen molar-refractivity contribution in [1.29, 1.82) is 0 Å². The maximum Gasteiger partial charge on any atom is 0.135 e. The molecule has 16 rings (SSSR count). The van der Waals surface area contributed by atoms with Crippen molar-refractivity contribution in [1.82, 2.24) is 18.7 Å². The Balaban J connectivity index is 0.00000600. The van der Waals surface area contributed by atoms with E-state index >= 15 is 0 Å². The van der Waals surface area contributed by atoms with Crippen LogP contribution in [0.3, 0.4) is 0 Å². The third-order valence-electron chi connectivity index (χ3n) is 16.8. The quantitative estimate of drug-likeness (QED) is 0.135. The fourth-order valence-electron chi connectivity index (χ4n) is 12.9. The molecule has 406 valence electrons. The first-order valence-corrected chi connectivity index (χ1v) is 28.2. The van der Waals surface area contributed by atoms with E-state index in [1.165, 1.54) is 54.9 Å². The summed E-state index contributed by atoms with van der Waals surface area (Å²) in [7, 11) is 2.06. The second kappa shape index (κ2) is 20.2. The van der Waals surface area contributed by atoms with Gasteiger partial charge in [0.05, 0.1) is 33.4 Å². The first-order valence-electron chi connectivity index (χ1n) is 28.2. The van der Waals surface area contributed by atoms with Crippen LogP contribution in [0.4, 0.5) is 17.1 Å². The minimum absolute atomic E-state index is 0. The van der Waals surface area contributed by atoms with Crippen LogP contribution < -0.4 is 14.5 Å². The van der Waals surface area contributed by atoms with E-state index in [2.05, 4.69) is 295 Å². The third-order valence-corrected chi connectivity index (χ3v) is 16.8. The van der Waals surface area contributed by atoms with E-state index in [9.17, 15) is 0 Å². The molecule has 0 unspecified atom stereocenters. The molecule has 0 saturated heterocycles. The van der Waals surface area contributed by atoms with Gasteiger partial charge in [-0.15, -0.1) is 41.4 Å². The number of nitrogens with zero attached hydrogens (tertiary/aromatic N) is 6. The van der Waals surface area contributed by atoms with E-state index in [4.69, 9.17) is 9.72 Å². The zero-order valence-electron chi connectivity index (χ0n) is 46.6. The Labute approximate surface area is 501 Å². The molecule has 15 aromatic rings. The number of aryl methyl sites for hydroxylation is 3. The molecule has 0 radical (unpaired) electrons. The van der Waals surface area contributed by atoms with Crippen LogP contribution in [0.2, 0.25) is 0 Å². The van der Waals surface area contributed by atoms with Gasteiger partial charge in [-0.2, -0.15) is 18.8 Å². The maximum atomic E-state index is 6.68. The molecule has 0 amide bonds. The van der Waals surface area contributed by atoms with Crippen molar-refractivity contribution in [3.8, 4) is 62.1 Å². The Morgan fingerprint density at radius 3 is 1.56 bits per heavy atom. The number of hydrogen-bond donors (Lipinski definition) is 0. The predicted molar refractivity (Wildman–Crippen MR) is 343 cm³/mol. The summed E-state index contributed by atoms with van der Waals surface area (Å²) in [6, 6.07) is 92.4. The van der Waals surface area contributed by atoms with Crippen molar-refractivity contribution < 1.29 is 25.8 Å². The SMILES string of the molecule is Cc1ccc2c(c1)c1cc(C)ccc1n2-c1cccc(-n2c3ccc(-c4ccccc4)cc3c3cc(-c4ccccc4)ccc32)c1-c1cnc(-n2c3[c-]c(Oc4[c-]c(N5[CH-]N(C)c6ccccc65)ccc4)ccc3c3ccccc32)cc1C.[Pt]. The van der Waals surface area contributed by atoms with Crippen LogP contribution in [-0.4, -0.2) is 25.7 Å². The number of fused-ring (bicyclic) bond motifs is 10. The maximum absolute atomic E-state index is 6.68. The summed E-state index contributed by atoms with van der Waals surface area (Å²) >= 11 is 0. The molecule has 1 aliphatic rings. The molecule has 0 saturated carbocycles. The molecule has 5 heterocycles. The van der Waals surface area contributed by atoms with Gasteiger partial charge in [0.25, 0.3) is 0 Å². The topological polar surface area (TPSA) is 43.4 Å². The van der Waals surface area contributed by atoms with Crippen molar-refractivity contribution in [2.24, 2.45) is 0 Å². The second-order valence-electron chi connectivity index (χ2n) is 22.0. The molecule has 0 bridgehead atoms. The van der Waals surface area contributed by atoms with Gasteiger partial charge < -0.3 is 28.2 Å². The van der Waals surface area contributed by atoms with Crippen molar-refractivity contribution in [3.63, 3.8) is 0 Å². The minimum atomic E-state index is 0. The average Bonchev–Trinajstić information content (AvgIpc) is 2.00. The first-order chi connectivity index (χ1) is 40.8. The molecule has 8 heteroatoms. The average molecular weight is 1260 g/mol. The summed E-state index contributed by atoms with van der Waals surface area (Å²) in [5.74, 6) is 1.96. The fourth-order valence-corrected chi connectivity index (χ4v) is 12.9. The summed E-state index contributed by atoms with van der Waals surface area (Å²) in [5, 5.41) is 6.99. The largest absolute Gasteiger partial charge is 0.509 e. The molecule has 84 heavy (non-hydrogen) atoms. The molecule has 4 aromatic heterocycles. The van der Waals surface area contributed by atoms with Crippen LogP contribution in [0.25, 0.3) is 116 Å². The number of rotatable bonds is 9. The van der Waals surface area contributed by atoms with Crippen LogP contribution in [0, 0.1) is 39.6 Å². The van der Waals surface area contributed by atoms with Crippen LogP contribution >= 0.6 is 0 Å². The van der Waals surface area contributed by atoms with E-state index in [1.54, 1.807) is 0 Å². The Morgan fingerprint density at radius 2 is 0.929 bits per heavy atom. The zero-order chi connectivity index (χ0) is 55.4. The molecule has 0 spiro atoms. The molecule has 0 fully saturated rings. The molecule has 1 aliphatic heterocycles. The molecular weight excluding hydrogens is 1210 g/mol. The van der Waals surface area contributed by atoms with Crippen LogP contribution in [-0.2, 0) is 21.1 Å². The molecular formula is C76H53N6OPt-3. The number of pyridine rings is 1. The number of ether oxygens (including phenoxy) is 1. The van der Waals surface area contributed by atoms with Crippen molar-refractivity contribution >= 4 is 82.5 Å². The summed E-state index contributed by atoms with van der Waals surface area (Å²) in [6.07, 6.45) is 2.09. The monoisotopic (exact) mass is 1260 g/mol. The van der Waals surface area contributed by atoms with Crippen molar-refractivity contribution in [2.75, 3.05) is 16.8 Å². The Morgan fingerprint density at radius 1 is 0.405 bits per heavy atom. The summed E-state index contributed by atoms with van der Waals surface area (Å²) in [6.45, 7) is 8.67. The Kier molecular flexibility index (Phi) is 12.3. The normalized spacial score (nSPS) is 12.3. The van der Waals surface area contributed by atoms with E-state index in [0.29, 0.717) is 11.5 Å². The van der Waals surface area contributed by atoms with Gasteiger partial charge in [-0.1, -0.05) is 138 Å². The number of para-hydroxylation sites is 3. The van der Waals surface area contributed by atoms with Gasteiger partial charge in [0, 0.05) is 88.3 Å². The predicted octanol–water partition coefficient (Wildman–Crippen LogP) is 19.4. The van der Waals surface area contributed by atoms with Gasteiger partial charge in [0.2, 0.25) is 0 Å². The van der Waals surface area contributed by atoms with Gasteiger partial charge in [-0.05, 0) is 146 Å². The van der Waals surface area contributed by atoms with Crippen LogP contribution in [0.1, 0.15) is 16.7 Å². The Bertz CT molecular complexity index is 4960. The Hall–Kier alpha value is -9.94.